The lowest BCUT2D eigenvalue weighted by atomic mass is 10.0. The molecule has 1 N–H and O–H groups in total. The zero-order valence-corrected chi connectivity index (χ0v) is 10.8. The Morgan fingerprint density at radius 2 is 2.31 bits per heavy atom. The van der Waals surface area contributed by atoms with E-state index in [-0.39, 0.29) is 18.4 Å². The summed E-state index contributed by atoms with van der Waals surface area (Å²) in [5.74, 6) is 0.973. The van der Waals surface area contributed by atoms with Gasteiger partial charge in [0.25, 0.3) is 0 Å². The molecule has 88 valence electrons. The van der Waals surface area contributed by atoms with E-state index in [4.69, 9.17) is 11.6 Å². The van der Waals surface area contributed by atoms with Crippen LogP contribution in [-0.2, 0) is 13.1 Å². The van der Waals surface area contributed by atoms with Gasteiger partial charge in [-0.15, -0.1) is 24.0 Å². The Labute approximate surface area is 105 Å². The number of nitrogens with zero attached hydrogens (tertiary/aromatic N) is 3. The fourth-order valence-electron chi connectivity index (χ4n) is 2.08. The third kappa shape index (κ3) is 1.48. The van der Waals surface area contributed by atoms with Crippen molar-refractivity contribution in [1.82, 2.24) is 15.1 Å². The largest absolute Gasteiger partial charge is 0.307 e. The van der Waals surface area contributed by atoms with E-state index in [0.29, 0.717) is 0 Å². The van der Waals surface area contributed by atoms with Crippen molar-refractivity contribution in [1.29, 1.82) is 0 Å². The highest BCUT2D eigenvalue weighted by molar-refractivity contribution is 6.32. The number of rotatable bonds is 0. The fourth-order valence-corrected chi connectivity index (χ4v) is 2.22. The lowest BCUT2D eigenvalue weighted by Gasteiger charge is -2.29. The first kappa shape index (κ1) is 11.9. The van der Waals surface area contributed by atoms with E-state index in [1.807, 2.05) is 17.8 Å². The van der Waals surface area contributed by atoms with Gasteiger partial charge in [0.2, 0.25) is 0 Å². The van der Waals surface area contributed by atoms with Crippen molar-refractivity contribution in [3.63, 3.8) is 0 Å². The zero-order valence-electron chi connectivity index (χ0n) is 9.20. The molecule has 2 atom stereocenters. The van der Waals surface area contributed by atoms with Crippen LogP contribution in [0.4, 0.5) is 5.82 Å². The molecule has 3 rings (SSSR count). The number of halogens is 2. The normalized spacial score (nSPS) is 30.8. The first-order chi connectivity index (χ1) is 7.09. The monoisotopic (exact) mass is 260 g/mol. The van der Waals surface area contributed by atoms with Crippen LogP contribution in [0.25, 0.3) is 0 Å². The molecular formula is C10H14Cl2N4. The Morgan fingerprint density at radius 1 is 1.56 bits per heavy atom. The first-order valence-electron chi connectivity index (χ1n) is 5.15. The quantitative estimate of drug-likeness (QED) is 0.727. The molecule has 0 aromatic carbocycles. The summed E-state index contributed by atoms with van der Waals surface area (Å²) in [7, 11) is 0. The Hall–Kier alpha value is -0.580. The molecule has 0 amide bonds. The lowest BCUT2D eigenvalue weighted by Crippen LogP contribution is -2.34. The fraction of sp³-hybridized carbons (Fsp3) is 0.600. The molecule has 1 aromatic heterocycles. The highest BCUT2D eigenvalue weighted by atomic mass is 35.5. The van der Waals surface area contributed by atoms with Gasteiger partial charge in [-0.3, -0.25) is 0 Å². The number of nitrogens with one attached hydrogen (secondary N) is 1. The van der Waals surface area contributed by atoms with Gasteiger partial charge in [-0.25, -0.2) is 9.67 Å². The smallest absolute Gasteiger partial charge is 0.155 e. The summed E-state index contributed by atoms with van der Waals surface area (Å²) in [6.45, 7) is 5.76. The highest BCUT2D eigenvalue weighted by Gasteiger charge is 2.36. The standard InChI is InChI=1S/C10H13ClN4.ClH/c1-6-10(2,11)5-13-9-7-3-12-4-8(7)14-15(6)9;/h5-6,12H,3-4H2,1-2H3;1H. The van der Waals surface area contributed by atoms with Crippen molar-refractivity contribution >= 4 is 36.0 Å². The van der Waals surface area contributed by atoms with Gasteiger partial charge in [-0.2, -0.15) is 5.10 Å². The van der Waals surface area contributed by atoms with Crippen LogP contribution in [0.5, 0.6) is 0 Å². The molecule has 0 aliphatic carbocycles. The predicted octanol–water partition coefficient (Wildman–Crippen LogP) is 2.18. The molecule has 2 unspecified atom stereocenters. The van der Waals surface area contributed by atoms with E-state index < -0.39 is 4.87 Å². The minimum absolute atomic E-state index is 0. The Kier molecular flexibility index (Phi) is 2.77. The SMILES string of the molecule is CC1n2nc3c(c2N=CC1(C)Cl)CNC3.Cl. The maximum Gasteiger partial charge on any atom is 0.155 e. The molecule has 3 heterocycles. The number of hydrogen-bond donors (Lipinski definition) is 1. The third-order valence-electron chi connectivity index (χ3n) is 3.28. The van der Waals surface area contributed by atoms with Gasteiger partial charge in [0, 0.05) is 24.9 Å². The van der Waals surface area contributed by atoms with Gasteiger partial charge in [-0.05, 0) is 13.8 Å². The molecule has 0 spiro atoms. The Balaban J connectivity index is 0.000000963. The van der Waals surface area contributed by atoms with Crippen LogP contribution in [-0.4, -0.2) is 20.9 Å². The molecule has 0 saturated heterocycles. The van der Waals surface area contributed by atoms with Crippen LogP contribution in [0.15, 0.2) is 4.99 Å². The molecule has 0 radical (unpaired) electrons. The summed E-state index contributed by atoms with van der Waals surface area (Å²) in [5.41, 5.74) is 2.34. The molecule has 2 aliphatic heterocycles. The van der Waals surface area contributed by atoms with Gasteiger partial charge >= 0.3 is 0 Å². The number of alkyl halides is 1. The van der Waals surface area contributed by atoms with Gasteiger partial charge in [-0.1, -0.05) is 0 Å². The molecule has 6 heteroatoms. The molecule has 0 saturated carbocycles. The minimum atomic E-state index is -0.430. The molecule has 0 bridgehead atoms. The molecule has 1 aromatic rings. The topological polar surface area (TPSA) is 42.2 Å². The second kappa shape index (κ2) is 3.72. The van der Waals surface area contributed by atoms with Crippen molar-refractivity contribution in [2.45, 2.75) is 37.9 Å². The van der Waals surface area contributed by atoms with Gasteiger partial charge < -0.3 is 5.32 Å². The number of aliphatic imine (C=N–C) groups is 1. The Morgan fingerprint density at radius 3 is 3.06 bits per heavy atom. The van der Waals surface area contributed by atoms with E-state index in [0.717, 1.165) is 24.6 Å². The number of aromatic nitrogens is 2. The summed E-state index contributed by atoms with van der Waals surface area (Å²) >= 11 is 6.35. The van der Waals surface area contributed by atoms with Crippen molar-refractivity contribution in [2.75, 3.05) is 0 Å². The summed E-state index contributed by atoms with van der Waals surface area (Å²) in [5, 5.41) is 7.83. The molecular weight excluding hydrogens is 247 g/mol. The van der Waals surface area contributed by atoms with Crippen LogP contribution in [0.3, 0.4) is 0 Å². The lowest BCUT2D eigenvalue weighted by molar-refractivity contribution is 0.436. The van der Waals surface area contributed by atoms with Crippen molar-refractivity contribution < 1.29 is 0 Å². The van der Waals surface area contributed by atoms with Crippen LogP contribution < -0.4 is 5.32 Å². The zero-order chi connectivity index (χ0) is 10.6. The van der Waals surface area contributed by atoms with Crippen LogP contribution in [0.1, 0.15) is 31.1 Å². The summed E-state index contributed by atoms with van der Waals surface area (Å²) in [6, 6.07) is 0.150. The molecule has 16 heavy (non-hydrogen) atoms. The second-order valence-electron chi connectivity index (χ2n) is 4.38. The second-order valence-corrected chi connectivity index (χ2v) is 5.20. The predicted molar refractivity (Wildman–Crippen MR) is 67.1 cm³/mol. The summed E-state index contributed by atoms with van der Waals surface area (Å²) in [6.07, 6.45) is 1.83. The maximum absolute atomic E-state index is 6.35. The number of fused-ring (bicyclic) bond motifs is 3. The van der Waals surface area contributed by atoms with E-state index in [2.05, 4.69) is 22.3 Å². The van der Waals surface area contributed by atoms with Crippen molar-refractivity contribution in [2.24, 2.45) is 4.99 Å². The first-order valence-corrected chi connectivity index (χ1v) is 5.52. The van der Waals surface area contributed by atoms with E-state index >= 15 is 0 Å². The van der Waals surface area contributed by atoms with E-state index in [1.54, 1.807) is 0 Å². The van der Waals surface area contributed by atoms with Crippen LogP contribution in [0, 0.1) is 0 Å². The van der Waals surface area contributed by atoms with Gasteiger partial charge in [0.15, 0.2) is 5.82 Å². The van der Waals surface area contributed by atoms with Crippen LogP contribution >= 0.6 is 24.0 Å². The molecule has 0 fully saturated rings. The maximum atomic E-state index is 6.35. The van der Waals surface area contributed by atoms with Crippen LogP contribution in [0.2, 0.25) is 0 Å². The van der Waals surface area contributed by atoms with Crippen molar-refractivity contribution in [3.05, 3.63) is 11.3 Å². The summed E-state index contributed by atoms with van der Waals surface area (Å²) in [4.78, 5) is 4.00. The molecule has 4 nitrogen and oxygen atoms in total. The van der Waals surface area contributed by atoms with E-state index in [9.17, 15) is 0 Å². The average molecular weight is 261 g/mol. The Bertz CT molecular complexity index is 450. The third-order valence-corrected chi connectivity index (χ3v) is 3.69. The van der Waals surface area contributed by atoms with Gasteiger partial charge in [0.1, 0.15) is 0 Å². The number of hydrogen-bond acceptors (Lipinski definition) is 3. The summed E-state index contributed by atoms with van der Waals surface area (Å²) < 4.78 is 1.96. The average Bonchev–Trinajstić information content (AvgIpc) is 2.71. The molecule has 2 aliphatic rings. The minimum Gasteiger partial charge on any atom is -0.307 e. The van der Waals surface area contributed by atoms with Crippen molar-refractivity contribution in [3.8, 4) is 0 Å². The van der Waals surface area contributed by atoms with Gasteiger partial charge in [0.05, 0.1) is 16.6 Å². The highest BCUT2D eigenvalue weighted by Crippen LogP contribution is 2.38. The van der Waals surface area contributed by atoms with E-state index in [1.165, 1.54) is 5.56 Å².